The molecule has 0 N–H and O–H groups in total. The summed E-state index contributed by atoms with van der Waals surface area (Å²) < 4.78 is 0. The van der Waals surface area contributed by atoms with Gasteiger partial charge in [-0.25, -0.2) is 4.98 Å². The monoisotopic (exact) mass is 421 g/mol. The zero-order chi connectivity index (χ0) is 22.2. The smallest absolute Gasteiger partial charge is 0.0884 e. The van der Waals surface area contributed by atoms with Gasteiger partial charge >= 0.3 is 0 Å². The van der Waals surface area contributed by atoms with E-state index in [1.165, 1.54) is 33.4 Å². The van der Waals surface area contributed by atoms with Crippen LogP contribution in [-0.2, 0) is 12.8 Å². The fraction of sp³-hybridized carbons (Fsp3) is 0.345. The fourth-order valence-electron chi connectivity index (χ4n) is 5.17. The van der Waals surface area contributed by atoms with E-state index in [0.717, 1.165) is 72.7 Å². The van der Waals surface area contributed by atoms with Crippen LogP contribution >= 0.6 is 0 Å². The molecule has 0 radical (unpaired) electrons. The summed E-state index contributed by atoms with van der Waals surface area (Å²) in [6.07, 6.45) is 6.42. The summed E-state index contributed by atoms with van der Waals surface area (Å²) in [5.74, 6) is 0. The van der Waals surface area contributed by atoms with Gasteiger partial charge in [-0.3, -0.25) is 9.98 Å². The van der Waals surface area contributed by atoms with E-state index in [1.54, 1.807) is 0 Å². The predicted molar refractivity (Wildman–Crippen MR) is 134 cm³/mol. The molecule has 0 unspecified atom stereocenters. The minimum absolute atomic E-state index is 0.981. The largest absolute Gasteiger partial charge is 0.251 e. The summed E-state index contributed by atoms with van der Waals surface area (Å²) in [5, 5.41) is 0. The number of nitrogens with zero attached hydrogens (tertiary/aromatic N) is 3. The number of rotatable bonds is 2. The molecule has 0 amide bonds. The molecule has 2 aliphatic rings. The van der Waals surface area contributed by atoms with Crippen molar-refractivity contribution in [2.24, 2.45) is 9.98 Å². The van der Waals surface area contributed by atoms with Crippen LogP contribution < -0.4 is 0 Å². The van der Waals surface area contributed by atoms with E-state index >= 15 is 0 Å². The van der Waals surface area contributed by atoms with Gasteiger partial charge in [-0.2, -0.15) is 0 Å². The molecule has 2 aromatic carbocycles. The van der Waals surface area contributed by atoms with Crippen molar-refractivity contribution in [1.82, 2.24) is 4.98 Å². The van der Waals surface area contributed by atoms with Crippen LogP contribution in [0.5, 0.6) is 0 Å². The van der Waals surface area contributed by atoms with Gasteiger partial charge in [0.2, 0.25) is 0 Å². The van der Waals surface area contributed by atoms with Gasteiger partial charge in [-0.1, -0.05) is 18.2 Å². The van der Waals surface area contributed by atoms with Gasteiger partial charge in [0.05, 0.1) is 34.2 Å². The number of pyridine rings is 1. The van der Waals surface area contributed by atoms with Gasteiger partial charge in [0.1, 0.15) is 0 Å². The van der Waals surface area contributed by atoms with Crippen molar-refractivity contribution >= 4 is 22.8 Å². The van der Waals surface area contributed by atoms with Crippen LogP contribution in [0.1, 0.15) is 70.5 Å². The second-order valence-electron chi connectivity index (χ2n) is 9.52. The molecular formula is C29H31N3. The predicted octanol–water partition coefficient (Wildman–Crippen LogP) is 7.23. The second-order valence-corrected chi connectivity index (χ2v) is 9.52. The van der Waals surface area contributed by atoms with Gasteiger partial charge in [0.25, 0.3) is 0 Å². The summed E-state index contributed by atoms with van der Waals surface area (Å²) in [6.45, 7) is 8.54. The van der Waals surface area contributed by atoms with Crippen LogP contribution in [-0.4, -0.2) is 16.4 Å². The van der Waals surface area contributed by atoms with Crippen LogP contribution in [0.2, 0.25) is 0 Å². The molecule has 1 heterocycles. The average molecular weight is 422 g/mol. The van der Waals surface area contributed by atoms with Crippen molar-refractivity contribution in [3.05, 3.63) is 87.2 Å². The SMILES string of the molecule is Cc1cc(C)cc(N=C2CCCc3cc4c(nc32)C(=Nc2cc(C)cc(C)c2)CCC4)c1. The first-order valence-corrected chi connectivity index (χ1v) is 11.8. The van der Waals surface area contributed by atoms with E-state index in [1.807, 2.05) is 0 Å². The lowest BCUT2D eigenvalue weighted by atomic mass is 9.87. The number of aryl methyl sites for hydroxylation is 6. The third-order valence-electron chi connectivity index (χ3n) is 6.39. The second kappa shape index (κ2) is 8.46. The molecule has 0 spiro atoms. The zero-order valence-electron chi connectivity index (χ0n) is 19.6. The van der Waals surface area contributed by atoms with Crippen molar-refractivity contribution in [2.75, 3.05) is 0 Å². The lowest BCUT2D eigenvalue weighted by Gasteiger charge is -2.24. The van der Waals surface area contributed by atoms with E-state index in [9.17, 15) is 0 Å². The maximum Gasteiger partial charge on any atom is 0.0884 e. The molecule has 0 saturated carbocycles. The lowest BCUT2D eigenvalue weighted by Crippen LogP contribution is -2.21. The van der Waals surface area contributed by atoms with Crippen molar-refractivity contribution in [3.63, 3.8) is 0 Å². The average Bonchev–Trinajstić information content (AvgIpc) is 2.71. The van der Waals surface area contributed by atoms with Crippen molar-refractivity contribution in [3.8, 4) is 0 Å². The molecule has 0 saturated heterocycles. The number of benzene rings is 2. The minimum Gasteiger partial charge on any atom is -0.251 e. The van der Waals surface area contributed by atoms with Crippen molar-refractivity contribution in [1.29, 1.82) is 0 Å². The molecule has 0 fully saturated rings. The number of aliphatic imine (C=N–C) groups is 2. The highest BCUT2D eigenvalue weighted by molar-refractivity contribution is 6.06. The van der Waals surface area contributed by atoms with Crippen LogP contribution in [0.25, 0.3) is 0 Å². The Bertz CT molecular complexity index is 1130. The quantitative estimate of drug-likeness (QED) is 0.430. The van der Waals surface area contributed by atoms with E-state index in [2.05, 4.69) is 70.2 Å². The molecule has 162 valence electrons. The molecule has 3 aromatic rings. The normalized spacial score (nSPS) is 18.0. The molecule has 1 aromatic heterocycles. The summed E-state index contributed by atoms with van der Waals surface area (Å²) in [7, 11) is 0. The first kappa shape index (κ1) is 20.8. The standard InChI is InChI=1S/C29H31N3/c1-18-11-19(2)14-24(13-18)30-26-9-5-7-22-17-23-8-6-10-27(29(23)32-28(22)26)31-25-15-20(3)12-21(4)16-25/h11-17H,5-10H2,1-4H3. The number of aromatic nitrogens is 1. The molecule has 3 nitrogen and oxygen atoms in total. The van der Waals surface area contributed by atoms with Gasteiger partial charge in [-0.15, -0.1) is 0 Å². The maximum atomic E-state index is 5.24. The summed E-state index contributed by atoms with van der Waals surface area (Å²) >= 11 is 0. The summed E-state index contributed by atoms with van der Waals surface area (Å²) in [6, 6.07) is 15.5. The highest BCUT2D eigenvalue weighted by Crippen LogP contribution is 2.30. The molecule has 32 heavy (non-hydrogen) atoms. The van der Waals surface area contributed by atoms with Crippen LogP contribution in [0.15, 0.2) is 52.4 Å². The van der Waals surface area contributed by atoms with Gasteiger partial charge < -0.3 is 0 Å². The Balaban J connectivity index is 1.60. The van der Waals surface area contributed by atoms with E-state index < -0.39 is 0 Å². The Labute approximate surface area is 191 Å². The highest BCUT2D eigenvalue weighted by atomic mass is 14.9. The third kappa shape index (κ3) is 4.29. The van der Waals surface area contributed by atoms with Crippen LogP contribution in [0.4, 0.5) is 11.4 Å². The van der Waals surface area contributed by atoms with Gasteiger partial charge in [-0.05, 0) is 124 Å². The molecule has 2 aliphatic carbocycles. The summed E-state index contributed by atoms with van der Waals surface area (Å²) in [5.41, 5.74) is 14.2. The molecule has 0 bridgehead atoms. The highest BCUT2D eigenvalue weighted by Gasteiger charge is 2.24. The Hall–Kier alpha value is -3.07. The van der Waals surface area contributed by atoms with Gasteiger partial charge in [0.15, 0.2) is 0 Å². The maximum absolute atomic E-state index is 5.24. The first-order chi connectivity index (χ1) is 15.4. The Morgan fingerprint density at radius 1 is 0.531 bits per heavy atom. The van der Waals surface area contributed by atoms with Gasteiger partial charge in [0, 0.05) is 0 Å². The number of hydrogen-bond acceptors (Lipinski definition) is 3. The van der Waals surface area contributed by atoms with E-state index in [4.69, 9.17) is 15.0 Å². The van der Waals surface area contributed by atoms with E-state index in [-0.39, 0.29) is 0 Å². The van der Waals surface area contributed by atoms with Crippen molar-refractivity contribution < 1.29 is 0 Å². The Morgan fingerprint density at radius 2 is 0.938 bits per heavy atom. The lowest BCUT2D eigenvalue weighted by molar-refractivity contribution is 0.791. The third-order valence-corrected chi connectivity index (χ3v) is 6.39. The Kier molecular flexibility index (Phi) is 5.50. The summed E-state index contributed by atoms with van der Waals surface area (Å²) in [4.78, 5) is 15.4. The molecular weight excluding hydrogens is 390 g/mol. The Morgan fingerprint density at radius 3 is 1.34 bits per heavy atom. The van der Waals surface area contributed by atoms with E-state index in [0.29, 0.717) is 0 Å². The molecule has 0 atom stereocenters. The van der Waals surface area contributed by atoms with Crippen molar-refractivity contribution in [2.45, 2.75) is 66.2 Å². The fourth-order valence-corrected chi connectivity index (χ4v) is 5.17. The number of fused-ring (bicyclic) bond motifs is 2. The zero-order valence-corrected chi connectivity index (χ0v) is 19.6. The topological polar surface area (TPSA) is 37.6 Å². The number of hydrogen-bond donors (Lipinski definition) is 0. The molecule has 5 rings (SSSR count). The van der Waals surface area contributed by atoms with Crippen LogP contribution in [0, 0.1) is 27.7 Å². The first-order valence-electron chi connectivity index (χ1n) is 11.8. The minimum atomic E-state index is 0.981. The molecule has 0 aliphatic heterocycles. The van der Waals surface area contributed by atoms with Crippen LogP contribution in [0.3, 0.4) is 0 Å². The molecule has 3 heteroatoms.